The smallest absolute Gasteiger partial charge is 0.231 e. The van der Waals surface area contributed by atoms with Crippen molar-refractivity contribution in [3.05, 3.63) is 29.6 Å². The molecule has 1 rings (SSSR count). The summed E-state index contributed by atoms with van der Waals surface area (Å²) in [6.45, 7) is 0.778. The van der Waals surface area contributed by atoms with Crippen molar-refractivity contribution in [1.29, 1.82) is 0 Å². The quantitative estimate of drug-likeness (QED) is 0.466. The summed E-state index contributed by atoms with van der Waals surface area (Å²) in [6, 6.07) is 4.91. The average molecular weight is 208 g/mol. The third-order valence-electron chi connectivity index (χ3n) is 1.99. The van der Waals surface area contributed by atoms with Crippen molar-refractivity contribution in [3.63, 3.8) is 0 Å². The van der Waals surface area contributed by atoms with Gasteiger partial charge in [-0.15, -0.1) is 0 Å². The third-order valence-corrected chi connectivity index (χ3v) is 1.99. The number of hydrogen-bond acceptors (Lipinski definition) is 2. The maximum atomic E-state index is 13.0. The molecule has 0 fully saturated rings. The van der Waals surface area contributed by atoms with Gasteiger partial charge in [0.25, 0.3) is 0 Å². The SMILES string of the molecule is Bc1cc(F)cc(CCNCC(N)=O)c1. The fraction of sp³-hybridized carbons (Fsp3) is 0.300. The van der Waals surface area contributed by atoms with E-state index in [2.05, 4.69) is 5.32 Å². The highest BCUT2D eigenvalue weighted by molar-refractivity contribution is 6.32. The van der Waals surface area contributed by atoms with Crippen LogP contribution in [0.5, 0.6) is 0 Å². The normalized spacial score (nSPS) is 10.2. The Morgan fingerprint density at radius 2 is 2.20 bits per heavy atom. The van der Waals surface area contributed by atoms with Crippen molar-refractivity contribution in [2.45, 2.75) is 6.42 Å². The largest absolute Gasteiger partial charge is 0.369 e. The predicted molar refractivity (Wildman–Crippen MR) is 60.3 cm³/mol. The van der Waals surface area contributed by atoms with Crippen LogP contribution in [-0.4, -0.2) is 26.8 Å². The van der Waals surface area contributed by atoms with E-state index < -0.39 is 0 Å². The molecule has 0 unspecified atom stereocenters. The van der Waals surface area contributed by atoms with Crippen LogP contribution in [0.1, 0.15) is 5.56 Å². The van der Waals surface area contributed by atoms with Gasteiger partial charge in [-0.2, -0.15) is 0 Å². The van der Waals surface area contributed by atoms with Gasteiger partial charge in [-0.25, -0.2) is 4.39 Å². The Kier molecular flexibility index (Phi) is 4.30. The van der Waals surface area contributed by atoms with E-state index in [1.54, 1.807) is 0 Å². The van der Waals surface area contributed by atoms with E-state index in [1.165, 1.54) is 12.1 Å². The number of benzene rings is 1. The number of amides is 1. The maximum Gasteiger partial charge on any atom is 0.231 e. The lowest BCUT2D eigenvalue weighted by molar-refractivity contribution is -0.117. The summed E-state index contributed by atoms with van der Waals surface area (Å²) in [5, 5.41) is 2.88. The highest BCUT2D eigenvalue weighted by Gasteiger charge is 1.98. The van der Waals surface area contributed by atoms with E-state index in [-0.39, 0.29) is 18.3 Å². The third kappa shape index (κ3) is 4.60. The zero-order valence-corrected chi connectivity index (χ0v) is 8.72. The van der Waals surface area contributed by atoms with Crippen molar-refractivity contribution in [1.82, 2.24) is 5.32 Å². The summed E-state index contributed by atoms with van der Waals surface area (Å²) < 4.78 is 13.0. The van der Waals surface area contributed by atoms with Crippen LogP contribution in [0.4, 0.5) is 4.39 Å². The first-order valence-electron chi connectivity index (χ1n) is 4.83. The van der Waals surface area contributed by atoms with Gasteiger partial charge in [0.05, 0.1) is 6.54 Å². The van der Waals surface area contributed by atoms with Gasteiger partial charge in [0.15, 0.2) is 0 Å². The molecule has 80 valence electrons. The van der Waals surface area contributed by atoms with Crippen LogP contribution < -0.4 is 16.5 Å². The van der Waals surface area contributed by atoms with Crippen molar-refractivity contribution in [3.8, 4) is 0 Å². The van der Waals surface area contributed by atoms with E-state index in [4.69, 9.17) is 5.73 Å². The Morgan fingerprint density at radius 1 is 1.47 bits per heavy atom. The molecule has 15 heavy (non-hydrogen) atoms. The van der Waals surface area contributed by atoms with Gasteiger partial charge in [0.2, 0.25) is 5.91 Å². The Morgan fingerprint density at radius 3 is 2.80 bits per heavy atom. The summed E-state index contributed by atoms with van der Waals surface area (Å²) in [4.78, 5) is 10.4. The molecule has 0 aliphatic heterocycles. The molecule has 0 radical (unpaired) electrons. The van der Waals surface area contributed by atoms with Crippen LogP contribution in [0.25, 0.3) is 0 Å². The molecule has 0 heterocycles. The lowest BCUT2D eigenvalue weighted by Crippen LogP contribution is -2.30. The molecular formula is C10H14BFN2O. The highest BCUT2D eigenvalue weighted by Crippen LogP contribution is 2.01. The molecule has 0 aliphatic carbocycles. The van der Waals surface area contributed by atoms with Crippen LogP contribution in [0, 0.1) is 5.82 Å². The Bertz CT molecular complexity index is 337. The van der Waals surface area contributed by atoms with Crippen molar-refractivity contribution in [2.75, 3.05) is 13.1 Å². The van der Waals surface area contributed by atoms with Crippen LogP contribution in [-0.2, 0) is 11.2 Å². The number of nitrogens with two attached hydrogens (primary N) is 1. The molecule has 0 saturated carbocycles. The summed E-state index contributed by atoms with van der Waals surface area (Å²) in [5.41, 5.74) is 6.78. The molecule has 1 amide bonds. The topological polar surface area (TPSA) is 55.1 Å². The molecule has 0 spiro atoms. The summed E-state index contributed by atoms with van der Waals surface area (Å²) in [5.74, 6) is -0.606. The van der Waals surface area contributed by atoms with Gasteiger partial charge in [0.1, 0.15) is 13.7 Å². The fourth-order valence-electron chi connectivity index (χ4n) is 1.40. The van der Waals surface area contributed by atoms with E-state index >= 15 is 0 Å². The second kappa shape index (κ2) is 5.51. The molecule has 3 nitrogen and oxygen atoms in total. The number of rotatable bonds is 5. The minimum Gasteiger partial charge on any atom is -0.369 e. The second-order valence-electron chi connectivity index (χ2n) is 3.53. The number of carbonyl (C=O) groups excluding carboxylic acids is 1. The second-order valence-corrected chi connectivity index (χ2v) is 3.53. The number of halogens is 1. The van der Waals surface area contributed by atoms with Crippen LogP contribution in [0.2, 0.25) is 0 Å². The number of nitrogens with one attached hydrogen (secondary N) is 1. The minimum atomic E-state index is -0.384. The molecule has 3 N–H and O–H groups in total. The van der Waals surface area contributed by atoms with Gasteiger partial charge in [-0.05, 0) is 30.7 Å². The van der Waals surface area contributed by atoms with Gasteiger partial charge in [0, 0.05) is 0 Å². The van der Waals surface area contributed by atoms with Crippen LogP contribution in [0.15, 0.2) is 18.2 Å². The van der Waals surface area contributed by atoms with Gasteiger partial charge >= 0.3 is 0 Å². The summed E-state index contributed by atoms with van der Waals surface area (Å²) in [7, 11) is 1.85. The lowest BCUT2D eigenvalue weighted by Gasteiger charge is -2.04. The van der Waals surface area contributed by atoms with E-state index in [0.717, 1.165) is 11.0 Å². The minimum absolute atomic E-state index is 0.161. The number of hydrogen-bond donors (Lipinski definition) is 2. The molecule has 0 atom stereocenters. The zero-order valence-electron chi connectivity index (χ0n) is 8.72. The van der Waals surface area contributed by atoms with E-state index in [1.807, 2.05) is 13.9 Å². The Balaban J connectivity index is 2.40. The molecule has 1 aromatic rings. The Hall–Kier alpha value is -1.36. The van der Waals surface area contributed by atoms with Gasteiger partial charge in [-0.3, -0.25) is 4.79 Å². The first-order valence-corrected chi connectivity index (χ1v) is 4.83. The van der Waals surface area contributed by atoms with E-state index in [0.29, 0.717) is 13.0 Å². The average Bonchev–Trinajstić information content (AvgIpc) is 2.10. The van der Waals surface area contributed by atoms with Crippen LogP contribution in [0.3, 0.4) is 0 Å². The maximum absolute atomic E-state index is 13.0. The molecular weight excluding hydrogens is 194 g/mol. The number of primary amides is 1. The fourth-order valence-corrected chi connectivity index (χ4v) is 1.40. The first-order chi connectivity index (χ1) is 7.08. The number of carbonyl (C=O) groups is 1. The molecule has 0 aromatic heterocycles. The highest BCUT2D eigenvalue weighted by atomic mass is 19.1. The standard InChI is InChI=1S/C10H14BFN2O/c11-8-3-7(4-9(12)5-8)1-2-14-6-10(13)15/h3-5,14H,1-2,6,11H2,(H2,13,15). The van der Waals surface area contributed by atoms with Crippen molar-refractivity contribution >= 4 is 19.2 Å². The molecule has 1 aromatic carbocycles. The van der Waals surface area contributed by atoms with Gasteiger partial charge in [-0.1, -0.05) is 11.5 Å². The molecule has 0 bridgehead atoms. The summed E-state index contributed by atoms with van der Waals surface area (Å²) >= 11 is 0. The van der Waals surface area contributed by atoms with E-state index in [9.17, 15) is 9.18 Å². The lowest BCUT2D eigenvalue weighted by atomic mass is 9.93. The Labute approximate surface area is 89.3 Å². The first kappa shape index (κ1) is 11.7. The van der Waals surface area contributed by atoms with Crippen molar-refractivity contribution < 1.29 is 9.18 Å². The van der Waals surface area contributed by atoms with Gasteiger partial charge < -0.3 is 11.1 Å². The predicted octanol–water partition coefficient (Wildman–Crippen LogP) is -1.30. The van der Waals surface area contributed by atoms with Crippen LogP contribution >= 0.6 is 0 Å². The summed E-state index contributed by atoms with van der Waals surface area (Å²) in [6.07, 6.45) is 0.686. The monoisotopic (exact) mass is 208 g/mol. The molecule has 5 heteroatoms. The van der Waals surface area contributed by atoms with Crippen molar-refractivity contribution in [2.24, 2.45) is 5.73 Å². The zero-order chi connectivity index (χ0) is 11.3. The molecule has 0 aliphatic rings. The molecule has 0 saturated heterocycles.